The Hall–Kier alpha value is -2.40. The van der Waals surface area contributed by atoms with Gasteiger partial charge in [-0.25, -0.2) is 4.79 Å². The van der Waals surface area contributed by atoms with Crippen LogP contribution in [0.3, 0.4) is 0 Å². The minimum Gasteiger partial charge on any atom is -0.478 e. The minimum atomic E-state index is -1.08. The van der Waals surface area contributed by atoms with Crippen molar-refractivity contribution in [1.82, 2.24) is 0 Å². The SMILES string of the molecule is NCCC(=O)Nc1cc2ccccc2cc1C(=O)O. The van der Waals surface area contributed by atoms with Crippen LogP contribution >= 0.6 is 0 Å². The Labute approximate surface area is 110 Å². The number of anilines is 1. The number of carboxylic acid groups (broad SMARTS) is 1. The Bertz CT molecular complexity index is 638. The fraction of sp³-hybridized carbons (Fsp3) is 0.143. The van der Waals surface area contributed by atoms with Crippen molar-refractivity contribution < 1.29 is 14.7 Å². The van der Waals surface area contributed by atoms with E-state index in [1.165, 1.54) is 0 Å². The molecule has 5 heteroatoms. The van der Waals surface area contributed by atoms with E-state index in [1.807, 2.05) is 24.3 Å². The standard InChI is InChI=1S/C14H14N2O3/c15-6-5-13(17)16-12-8-10-4-2-1-3-9(10)7-11(12)14(18)19/h1-4,7-8H,5-6,15H2,(H,16,17)(H,18,19). The number of rotatable bonds is 4. The van der Waals surface area contributed by atoms with Crippen molar-refractivity contribution in [2.75, 3.05) is 11.9 Å². The van der Waals surface area contributed by atoms with E-state index in [0.29, 0.717) is 5.69 Å². The van der Waals surface area contributed by atoms with E-state index in [9.17, 15) is 14.7 Å². The highest BCUT2D eigenvalue weighted by Crippen LogP contribution is 2.24. The topological polar surface area (TPSA) is 92.4 Å². The number of carboxylic acids is 1. The van der Waals surface area contributed by atoms with E-state index in [0.717, 1.165) is 10.8 Å². The molecule has 2 rings (SSSR count). The summed E-state index contributed by atoms with van der Waals surface area (Å²) in [6.07, 6.45) is 0.159. The maximum Gasteiger partial charge on any atom is 0.337 e. The van der Waals surface area contributed by atoms with Crippen LogP contribution < -0.4 is 11.1 Å². The number of aromatic carboxylic acids is 1. The fourth-order valence-electron chi connectivity index (χ4n) is 1.86. The Balaban J connectivity index is 2.47. The van der Waals surface area contributed by atoms with E-state index >= 15 is 0 Å². The number of carbonyl (C=O) groups excluding carboxylic acids is 1. The van der Waals surface area contributed by atoms with E-state index in [4.69, 9.17) is 5.73 Å². The molecule has 98 valence electrons. The van der Waals surface area contributed by atoms with Crippen LogP contribution in [0, 0.1) is 0 Å². The van der Waals surface area contributed by atoms with Crippen molar-refractivity contribution in [2.24, 2.45) is 5.73 Å². The third-order valence-electron chi connectivity index (χ3n) is 2.76. The van der Waals surface area contributed by atoms with Crippen molar-refractivity contribution in [1.29, 1.82) is 0 Å². The Morgan fingerprint density at radius 2 is 1.79 bits per heavy atom. The molecule has 5 nitrogen and oxygen atoms in total. The first-order valence-electron chi connectivity index (χ1n) is 5.88. The third kappa shape index (κ3) is 2.89. The summed E-state index contributed by atoms with van der Waals surface area (Å²) in [7, 11) is 0. The molecule has 0 fully saturated rings. The van der Waals surface area contributed by atoms with E-state index in [-0.39, 0.29) is 24.4 Å². The molecule has 2 aromatic carbocycles. The number of benzene rings is 2. The van der Waals surface area contributed by atoms with E-state index < -0.39 is 5.97 Å². The second kappa shape index (κ2) is 5.49. The summed E-state index contributed by atoms with van der Waals surface area (Å²) in [6.45, 7) is 0.224. The van der Waals surface area contributed by atoms with Crippen molar-refractivity contribution in [2.45, 2.75) is 6.42 Å². The average Bonchev–Trinajstić information content (AvgIpc) is 2.38. The smallest absolute Gasteiger partial charge is 0.337 e. The van der Waals surface area contributed by atoms with Crippen LogP contribution in [0.1, 0.15) is 16.8 Å². The summed E-state index contributed by atoms with van der Waals surface area (Å²) in [5.74, 6) is -1.37. The summed E-state index contributed by atoms with van der Waals surface area (Å²) in [4.78, 5) is 22.8. The molecule has 0 radical (unpaired) electrons. The summed E-state index contributed by atoms with van der Waals surface area (Å²) in [6, 6.07) is 10.6. The number of nitrogens with two attached hydrogens (primary N) is 1. The normalized spacial score (nSPS) is 10.4. The molecule has 0 aliphatic rings. The van der Waals surface area contributed by atoms with Crippen LogP contribution in [0.15, 0.2) is 36.4 Å². The van der Waals surface area contributed by atoms with Gasteiger partial charge in [-0.3, -0.25) is 4.79 Å². The highest BCUT2D eigenvalue weighted by atomic mass is 16.4. The number of fused-ring (bicyclic) bond motifs is 1. The first kappa shape index (κ1) is 13.0. The molecule has 0 saturated carbocycles. The Morgan fingerprint density at radius 1 is 1.16 bits per heavy atom. The van der Waals surface area contributed by atoms with Crippen molar-refractivity contribution in [3.8, 4) is 0 Å². The zero-order valence-electron chi connectivity index (χ0n) is 10.2. The lowest BCUT2D eigenvalue weighted by atomic mass is 10.0. The van der Waals surface area contributed by atoms with Crippen LogP contribution in [-0.2, 0) is 4.79 Å². The third-order valence-corrected chi connectivity index (χ3v) is 2.76. The molecule has 0 atom stereocenters. The number of amides is 1. The zero-order chi connectivity index (χ0) is 13.8. The number of carbonyl (C=O) groups is 2. The molecule has 4 N–H and O–H groups in total. The number of nitrogens with one attached hydrogen (secondary N) is 1. The van der Waals surface area contributed by atoms with Gasteiger partial charge in [-0.15, -0.1) is 0 Å². The molecule has 1 amide bonds. The highest BCUT2D eigenvalue weighted by molar-refractivity contribution is 6.05. The van der Waals surface area contributed by atoms with Gasteiger partial charge in [0.1, 0.15) is 0 Å². The van der Waals surface area contributed by atoms with Crippen LogP contribution in [0.5, 0.6) is 0 Å². The molecular weight excluding hydrogens is 244 g/mol. The van der Waals surface area contributed by atoms with Crippen molar-refractivity contribution >= 4 is 28.3 Å². The van der Waals surface area contributed by atoms with Gasteiger partial charge in [0.15, 0.2) is 0 Å². The molecule has 0 saturated heterocycles. The fourth-order valence-corrected chi connectivity index (χ4v) is 1.86. The quantitative estimate of drug-likeness (QED) is 0.780. The average molecular weight is 258 g/mol. The van der Waals surface area contributed by atoms with Crippen LogP contribution in [0.25, 0.3) is 10.8 Å². The molecule has 0 aromatic heterocycles. The lowest BCUT2D eigenvalue weighted by Crippen LogP contribution is -2.18. The second-order valence-electron chi connectivity index (χ2n) is 4.14. The first-order valence-corrected chi connectivity index (χ1v) is 5.88. The van der Waals surface area contributed by atoms with Gasteiger partial charge in [-0.1, -0.05) is 24.3 Å². The zero-order valence-corrected chi connectivity index (χ0v) is 10.2. The predicted octanol–water partition coefficient (Wildman–Crippen LogP) is 1.83. The second-order valence-corrected chi connectivity index (χ2v) is 4.14. The summed E-state index contributed by atoms with van der Waals surface area (Å²) in [5, 5.41) is 13.5. The van der Waals surface area contributed by atoms with E-state index in [2.05, 4.69) is 5.32 Å². The summed E-state index contributed by atoms with van der Waals surface area (Å²) < 4.78 is 0. The number of hydrogen-bond acceptors (Lipinski definition) is 3. The van der Waals surface area contributed by atoms with Crippen LogP contribution in [0.4, 0.5) is 5.69 Å². The predicted molar refractivity (Wildman–Crippen MR) is 73.2 cm³/mol. The molecule has 0 spiro atoms. The molecule has 0 unspecified atom stereocenters. The molecular formula is C14H14N2O3. The van der Waals surface area contributed by atoms with Gasteiger partial charge in [-0.05, 0) is 22.9 Å². The molecule has 19 heavy (non-hydrogen) atoms. The lowest BCUT2D eigenvalue weighted by molar-refractivity contribution is -0.116. The van der Waals surface area contributed by atoms with Gasteiger partial charge >= 0.3 is 5.97 Å². The van der Waals surface area contributed by atoms with Crippen molar-refractivity contribution in [3.63, 3.8) is 0 Å². The Morgan fingerprint density at radius 3 is 2.37 bits per heavy atom. The maximum atomic E-state index is 11.5. The van der Waals surface area contributed by atoms with Crippen LogP contribution in [-0.4, -0.2) is 23.5 Å². The van der Waals surface area contributed by atoms with E-state index in [1.54, 1.807) is 12.1 Å². The molecule has 0 bridgehead atoms. The van der Waals surface area contributed by atoms with Gasteiger partial charge in [0.05, 0.1) is 11.3 Å². The largest absolute Gasteiger partial charge is 0.478 e. The van der Waals surface area contributed by atoms with Gasteiger partial charge in [0, 0.05) is 13.0 Å². The van der Waals surface area contributed by atoms with Gasteiger partial charge in [0.25, 0.3) is 0 Å². The number of hydrogen-bond donors (Lipinski definition) is 3. The highest BCUT2D eigenvalue weighted by Gasteiger charge is 2.13. The molecule has 0 aliphatic carbocycles. The monoisotopic (exact) mass is 258 g/mol. The van der Waals surface area contributed by atoms with Gasteiger partial charge < -0.3 is 16.2 Å². The van der Waals surface area contributed by atoms with Gasteiger partial charge in [0.2, 0.25) is 5.91 Å². The first-order chi connectivity index (χ1) is 9.11. The van der Waals surface area contributed by atoms with Gasteiger partial charge in [-0.2, -0.15) is 0 Å². The molecule has 0 aliphatic heterocycles. The lowest BCUT2D eigenvalue weighted by Gasteiger charge is -2.10. The van der Waals surface area contributed by atoms with Crippen molar-refractivity contribution in [3.05, 3.63) is 42.0 Å². The minimum absolute atomic E-state index is 0.0732. The molecule has 0 heterocycles. The summed E-state index contributed by atoms with van der Waals surface area (Å²) in [5.41, 5.74) is 5.66. The maximum absolute atomic E-state index is 11.5. The summed E-state index contributed by atoms with van der Waals surface area (Å²) >= 11 is 0. The van der Waals surface area contributed by atoms with Crippen LogP contribution in [0.2, 0.25) is 0 Å². The Kier molecular flexibility index (Phi) is 3.77. The molecule has 2 aromatic rings.